The SMILES string of the molecule is N#C[C@@H]1CCC[C@@](CCc2ccccc2)(c2ccccc2)C1=O. The van der Waals surface area contributed by atoms with Crippen LogP contribution in [0.2, 0.25) is 0 Å². The van der Waals surface area contributed by atoms with Gasteiger partial charge in [0.25, 0.3) is 0 Å². The molecule has 2 heteroatoms. The zero-order valence-electron chi connectivity index (χ0n) is 13.2. The summed E-state index contributed by atoms with van der Waals surface area (Å²) in [7, 11) is 0. The van der Waals surface area contributed by atoms with Crippen LogP contribution in [-0.2, 0) is 16.6 Å². The molecule has 1 fully saturated rings. The van der Waals surface area contributed by atoms with E-state index in [2.05, 4.69) is 18.2 Å². The minimum absolute atomic E-state index is 0.119. The van der Waals surface area contributed by atoms with E-state index in [1.165, 1.54) is 5.56 Å². The Bertz CT molecular complexity index is 702. The van der Waals surface area contributed by atoms with Gasteiger partial charge in [-0.05, 0) is 36.8 Å². The molecule has 2 nitrogen and oxygen atoms in total. The van der Waals surface area contributed by atoms with E-state index in [9.17, 15) is 10.1 Å². The molecule has 0 N–H and O–H groups in total. The zero-order chi connectivity index (χ0) is 16.1. The van der Waals surface area contributed by atoms with Crippen LogP contribution < -0.4 is 0 Å². The van der Waals surface area contributed by atoms with Gasteiger partial charge in [0.2, 0.25) is 0 Å². The van der Waals surface area contributed by atoms with Gasteiger partial charge in [0.05, 0.1) is 11.5 Å². The number of aryl methyl sites for hydroxylation is 1. The van der Waals surface area contributed by atoms with Crippen LogP contribution in [0.25, 0.3) is 0 Å². The van der Waals surface area contributed by atoms with Gasteiger partial charge < -0.3 is 0 Å². The predicted octanol–water partition coefficient (Wildman–Crippen LogP) is 4.45. The summed E-state index contributed by atoms with van der Waals surface area (Å²) in [5.74, 6) is -0.340. The fourth-order valence-corrected chi connectivity index (χ4v) is 3.76. The summed E-state index contributed by atoms with van der Waals surface area (Å²) >= 11 is 0. The van der Waals surface area contributed by atoms with Crippen molar-refractivity contribution in [2.45, 2.75) is 37.5 Å². The third-order valence-corrected chi connectivity index (χ3v) is 5.05. The lowest BCUT2D eigenvalue weighted by molar-refractivity contribution is -0.129. The zero-order valence-corrected chi connectivity index (χ0v) is 13.2. The molecule has 0 unspecified atom stereocenters. The number of nitriles is 1. The van der Waals surface area contributed by atoms with Gasteiger partial charge in [-0.15, -0.1) is 0 Å². The molecule has 3 rings (SSSR count). The van der Waals surface area contributed by atoms with Crippen molar-refractivity contribution in [3.63, 3.8) is 0 Å². The molecule has 2 aromatic carbocycles. The van der Waals surface area contributed by atoms with Gasteiger partial charge in [0.1, 0.15) is 5.92 Å². The van der Waals surface area contributed by atoms with Crippen molar-refractivity contribution in [2.24, 2.45) is 5.92 Å². The van der Waals surface area contributed by atoms with Crippen LogP contribution >= 0.6 is 0 Å². The molecular formula is C21H21NO. The molecule has 0 amide bonds. The largest absolute Gasteiger partial charge is 0.297 e. The average molecular weight is 303 g/mol. The smallest absolute Gasteiger partial charge is 0.160 e. The predicted molar refractivity (Wildman–Crippen MR) is 90.8 cm³/mol. The summed E-state index contributed by atoms with van der Waals surface area (Å²) in [6, 6.07) is 22.6. The van der Waals surface area contributed by atoms with Crippen LogP contribution in [0.3, 0.4) is 0 Å². The third kappa shape index (κ3) is 3.05. The van der Waals surface area contributed by atoms with Crippen molar-refractivity contribution >= 4 is 5.78 Å². The van der Waals surface area contributed by atoms with Gasteiger partial charge in [0, 0.05) is 0 Å². The van der Waals surface area contributed by atoms with E-state index in [0.29, 0.717) is 6.42 Å². The maximum absolute atomic E-state index is 13.1. The number of nitrogens with zero attached hydrogens (tertiary/aromatic N) is 1. The minimum Gasteiger partial charge on any atom is -0.297 e. The quantitative estimate of drug-likeness (QED) is 0.837. The van der Waals surface area contributed by atoms with Gasteiger partial charge in [0.15, 0.2) is 5.78 Å². The third-order valence-electron chi connectivity index (χ3n) is 5.05. The number of hydrogen-bond acceptors (Lipinski definition) is 2. The molecule has 0 heterocycles. The molecule has 23 heavy (non-hydrogen) atoms. The summed E-state index contributed by atoms with van der Waals surface area (Å²) in [5.41, 5.74) is 1.81. The number of carbonyl (C=O) groups excluding carboxylic acids is 1. The Morgan fingerprint density at radius 3 is 2.35 bits per heavy atom. The number of Topliss-reactive ketones (excluding diaryl/α,β-unsaturated/α-hetero) is 1. The first-order valence-corrected chi connectivity index (χ1v) is 8.30. The van der Waals surface area contributed by atoms with Crippen LogP contribution in [0, 0.1) is 17.2 Å². The molecule has 0 saturated heterocycles. The Labute approximate surface area is 137 Å². The highest BCUT2D eigenvalue weighted by atomic mass is 16.1. The first kappa shape index (κ1) is 15.5. The molecule has 1 saturated carbocycles. The minimum atomic E-state index is -0.504. The summed E-state index contributed by atoms with van der Waals surface area (Å²) in [6.07, 6.45) is 4.13. The first-order chi connectivity index (χ1) is 11.3. The van der Waals surface area contributed by atoms with Crippen molar-refractivity contribution in [3.8, 4) is 6.07 Å². The van der Waals surface area contributed by atoms with Crippen LogP contribution in [0.4, 0.5) is 0 Å². The summed E-state index contributed by atoms with van der Waals surface area (Å²) in [4.78, 5) is 13.1. The van der Waals surface area contributed by atoms with Crippen LogP contribution in [0.15, 0.2) is 60.7 Å². The Morgan fingerprint density at radius 1 is 1.04 bits per heavy atom. The van der Waals surface area contributed by atoms with E-state index in [4.69, 9.17) is 0 Å². The summed E-state index contributed by atoms with van der Waals surface area (Å²) in [5, 5.41) is 9.35. The Balaban J connectivity index is 1.94. The van der Waals surface area contributed by atoms with E-state index in [-0.39, 0.29) is 5.78 Å². The second kappa shape index (κ2) is 6.79. The normalized spacial score (nSPS) is 24.1. The van der Waals surface area contributed by atoms with E-state index in [1.807, 2.05) is 48.5 Å². The van der Waals surface area contributed by atoms with Crippen molar-refractivity contribution in [1.29, 1.82) is 5.26 Å². The molecule has 0 spiro atoms. The lowest BCUT2D eigenvalue weighted by atomic mass is 9.62. The molecule has 1 aliphatic rings. The van der Waals surface area contributed by atoms with Gasteiger partial charge in [-0.2, -0.15) is 5.26 Å². The van der Waals surface area contributed by atoms with Gasteiger partial charge in [-0.25, -0.2) is 0 Å². The van der Waals surface area contributed by atoms with Gasteiger partial charge >= 0.3 is 0 Å². The highest BCUT2D eigenvalue weighted by Crippen LogP contribution is 2.42. The van der Waals surface area contributed by atoms with Gasteiger partial charge in [-0.3, -0.25) is 4.79 Å². The molecule has 2 atom stereocenters. The number of carbonyl (C=O) groups is 1. The first-order valence-electron chi connectivity index (χ1n) is 8.30. The topological polar surface area (TPSA) is 40.9 Å². The average Bonchev–Trinajstić information content (AvgIpc) is 2.63. The molecule has 116 valence electrons. The highest BCUT2D eigenvalue weighted by molar-refractivity contribution is 5.94. The van der Waals surface area contributed by atoms with Gasteiger partial charge in [-0.1, -0.05) is 67.1 Å². The highest BCUT2D eigenvalue weighted by Gasteiger charge is 2.45. The maximum atomic E-state index is 13.1. The maximum Gasteiger partial charge on any atom is 0.160 e. The molecule has 0 bridgehead atoms. The molecule has 2 aromatic rings. The second-order valence-electron chi connectivity index (χ2n) is 6.37. The lowest BCUT2D eigenvalue weighted by Gasteiger charge is -2.38. The Kier molecular flexibility index (Phi) is 4.57. The van der Waals surface area contributed by atoms with Crippen molar-refractivity contribution in [3.05, 3.63) is 71.8 Å². The monoisotopic (exact) mass is 303 g/mol. The summed E-state index contributed by atoms with van der Waals surface area (Å²) in [6.45, 7) is 0. The lowest BCUT2D eigenvalue weighted by Crippen LogP contribution is -2.43. The standard InChI is InChI=1S/C21H21NO/c22-16-18-10-7-14-21(20(18)23,19-11-5-2-6-12-19)15-13-17-8-3-1-4-9-17/h1-6,8-9,11-12,18H,7,10,13-15H2/t18-,21+/m0/s1. The Hall–Kier alpha value is -2.40. The summed E-state index contributed by atoms with van der Waals surface area (Å²) < 4.78 is 0. The van der Waals surface area contributed by atoms with E-state index in [1.54, 1.807) is 0 Å². The number of benzene rings is 2. The number of rotatable bonds is 4. The number of hydrogen-bond donors (Lipinski definition) is 0. The second-order valence-corrected chi connectivity index (χ2v) is 6.37. The molecule has 1 aliphatic carbocycles. The Morgan fingerprint density at radius 2 is 1.70 bits per heavy atom. The molecule has 0 radical (unpaired) electrons. The van der Waals surface area contributed by atoms with Crippen molar-refractivity contribution in [2.75, 3.05) is 0 Å². The fraction of sp³-hybridized carbons (Fsp3) is 0.333. The van der Waals surface area contributed by atoms with Crippen LogP contribution in [0.5, 0.6) is 0 Å². The van der Waals surface area contributed by atoms with Crippen molar-refractivity contribution < 1.29 is 4.79 Å². The molecule has 0 aromatic heterocycles. The fourth-order valence-electron chi connectivity index (χ4n) is 3.76. The van der Waals surface area contributed by atoms with Crippen LogP contribution in [-0.4, -0.2) is 5.78 Å². The number of ketones is 1. The van der Waals surface area contributed by atoms with E-state index in [0.717, 1.165) is 31.2 Å². The molecular weight excluding hydrogens is 282 g/mol. The van der Waals surface area contributed by atoms with E-state index >= 15 is 0 Å². The molecule has 0 aliphatic heterocycles. The van der Waals surface area contributed by atoms with Crippen LogP contribution in [0.1, 0.15) is 36.8 Å². The van der Waals surface area contributed by atoms with Crippen molar-refractivity contribution in [1.82, 2.24) is 0 Å². The van der Waals surface area contributed by atoms with E-state index < -0.39 is 11.3 Å².